The van der Waals surface area contributed by atoms with E-state index < -0.39 is 19.7 Å². The lowest BCUT2D eigenvalue weighted by molar-refractivity contribution is 0.0739. The Balaban J connectivity index is 1.52. The molecule has 4 rings (SSSR count). The summed E-state index contributed by atoms with van der Waals surface area (Å²) < 4.78 is 53.9. The number of ether oxygens (including phenoxy) is 1. The van der Waals surface area contributed by atoms with Gasteiger partial charge < -0.3 is 14.5 Å². The number of amides is 1. The average Bonchev–Trinajstić information content (AvgIpc) is 3.45. The van der Waals surface area contributed by atoms with E-state index in [2.05, 4.69) is 4.98 Å². The molecule has 0 bridgehead atoms. The van der Waals surface area contributed by atoms with E-state index in [1.54, 1.807) is 11.0 Å². The van der Waals surface area contributed by atoms with Crippen LogP contribution >= 0.6 is 11.3 Å². The second-order valence-corrected chi connectivity index (χ2v) is 13.7. The first-order chi connectivity index (χ1) is 15.5. The molecule has 12 heteroatoms. The van der Waals surface area contributed by atoms with Gasteiger partial charge in [-0.2, -0.15) is 0 Å². The van der Waals surface area contributed by atoms with E-state index in [-0.39, 0.29) is 26.7 Å². The Morgan fingerprint density at radius 2 is 1.70 bits per heavy atom. The van der Waals surface area contributed by atoms with Crippen LogP contribution in [0.3, 0.4) is 0 Å². The lowest BCUT2D eigenvalue weighted by Crippen LogP contribution is -2.48. The molecule has 1 aromatic carbocycles. The van der Waals surface area contributed by atoms with Crippen LogP contribution in [0.1, 0.15) is 36.0 Å². The summed E-state index contributed by atoms with van der Waals surface area (Å²) in [6.45, 7) is 1.79. The molecule has 2 aromatic rings. The van der Waals surface area contributed by atoms with Gasteiger partial charge in [0.25, 0.3) is 5.91 Å². The molecule has 0 radical (unpaired) electrons. The maximum absolute atomic E-state index is 13.4. The van der Waals surface area contributed by atoms with E-state index in [9.17, 15) is 21.6 Å². The van der Waals surface area contributed by atoms with E-state index in [1.807, 2.05) is 4.90 Å². The van der Waals surface area contributed by atoms with Crippen molar-refractivity contribution in [1.29, 1.82) is 0 Å². The van der Waals surface area contributed by atoms with Crippen LogP contribution in [0, 0.1) is 0 Å². The molecule has 2 heterocycles. The monoisotopic (exact) mass is 513 g/mol. The van der Waals surface area contributed by atoms with Gasteiger partial charge in [0.1, 0.15) is 9.96 Å². The maximum Gasteiger partial charge on any atom is 0.257 e. The quantitative estimate of drug-likeness (QED) is 0.578. The molecule has 0 spiro atoms. The number of aromatic nitrogens is 1. The number of hydrogen-bond acceptors (Lipinski definition) is 9. The van der Waals surface area contributed by atoms with Crippen LogP contribution in [0.2, 0.25) is 0 Å². The van der Waals surface area contributed by atoms with Gasteiger partial charge in [-0.05, 0) is 43.9 Å². The van der Waals surface area contributed by atoms with Gasteiger partial charge in [0.2, 0.25) is 0 Å². The Morgan fingerprint density at radius 3 is 2.27 bits per heavy atom. The normalized spacial score (nSPS) is 18.0. The molecule has 2 fully saturated rings. The lowest BCUT2D eigenvalue weighted by Gasteiger charge is -2.35. The van der Waals surface area contributed by atoms with Crippen LogP contribution in [-0.4, -0.2) is 77.4 Å². The predicted octanol–water partition coefficient (Wildman–Crippen LogP) is 2.23. The molecule has 1 aliphatic carbocycles. The molecule has 1 aromatic heterocycles. The zero-order valence-electron chi connectivity index (χ0n) is 18.6. The number of thiazole rings is 1. The molecule has 1 aliphatic heterocycles. The minimum Gasteiger partial charge on any atom is -0.490 e. The van der Waals surface area contributed by atoms with E-state index in [0.717, 1.165) is 49.5 Å². The van der Waals surface area contributed by atoms with Gasteiger partial charge in [0.05, 0.1) is 22.8 Å². The topological polar surface area (TPSA) is 114 Å². The van der Waals surface area contributed by atoms with Crippen molar-refractivity contribution in [2.24, 2.45) is 0 Å². The summed E-state index contributed by atoms with van der Waals surface area (Å²) in [4.78, 5) is 21.3. The fraction of sp³-hybridized carbons (Fsp3) is 0.524. The first-order valence-electron chi connectivity index (χ1n) is 10.7. The molecule has 0 unspecified atom stereocenters. The minimum atomic E-state index is -3.48. The summed E-state index contributed by atoms with van der Waals surface area (Å²) in [5.74, 6) is 0.142. The minimum absolute atomic E-state index is 0.0337. The summed E-state index contributed by atoms with van der Waals surface area (Å²) >= 11 is 1.11. The standard InChI is InChI=1S/C21H27N3O6S3/c1-32(26,27)16-7-8-18(30-15-5-3-4-6-15)17(13-16)20(25)23-9-11-24(12-10-23)21-22-14-19(31-21)33(2,28)29/h7-8,13-15H,3-6,9-12H2,1-2H3. The van der Waals surface area contributed by atoms with Crippen molar-refractivity contribution in [3.05, 3.63) is 30.0 Å². The van der Waals surface area contributed by atoms with Crippen molar-refractivity contribution in [2.75, 3.05) is 43.6 Å². The number of anilines is 1. The fourth-order valence-corrected chi connectivity index (χ4v) is 6.46. The third-order valence-electron chi connectivity index (χ3n) is 5.88. The molecule has 1 saturated heterocycles. The van der Waals surface area contributed by atoms with Gasteiger partial charge in [-0.3, -0.25) is 4.79 Å². The van der Waals surface area contributed by atoms with Gasteiger partial charge in [0.15, 0.2) is 24.8 Å². The van der Waals surface area contributed by atoms with Gasteiger partial charge in [-0.25, -0.2) is 21.8 Å². The lowest BCUT2D eigenvalue weighted by atomic mass is 10.1. The highest BCUT2D eigenvalue weighted by molar-refractivity contribution is 7.92. The van der Waals surface area contributed by atoms with Crippen LogP contribution in [0.4, 0.5) is 5.13 Å². The molecule has 9 nitrogen and oxygen atoms in total. The molecular weight excluding hydrogens is 486 g/mol. The van der Waals surface area contributed by atoms with Crippen LogP contribution in [-0.2, 0) is 19.7 Å². The number of nitrogens with zero attached hydrogens (tertiary/aromatic N) is 3. The largest absolute Gasteiger partial charge is 0.490 e. The van der Waals surface area contributed by atoms with Gasteiger partial charge in [-0.1, -0.05) is 11.3 Å². The van der Waals surface area contributed by atoms with Crippen LogP contribution in [0.5, 0.6) is 5.75 Å². The Kier molecular flexibility index (Phi) is 6.70. The molecule has 180 valence electrons. The molecule has 1 saturated carbocycles. The summed E-state index contributed by atoms with van der Waals surface area (Å²) in [6.07, 6.45) is 7.65. The maximum atomic E-state index is 13.4. The van der Waals surface area contributed by atoms with Crippen molar-refractivity contribution in [3.63, 3.8) is 0 Å². The van der Waals surface area contributed by atoms with E-state index in [4.69, 9.17) is 4.74 Å². The van der Waals surface area contributed by atoms with Crippen LogP contribution in [0.15, 0.2) is 33.5 Å². The molecule has 1 amide bonds. The van der Waals surface area contributed by atoms with E-state index in [1.165, 1.54) is 18.3 Å². The molecule has 2 aliphatic rings. The number of rotatable bonds is 6. The number of benzene rings is 1. The number of sulfone groups is 2. The first kappa shape index (κ1) is 24.0. The van der Waals surface area contributed by atoms with E-state index >= 15 is 0 Å². The van der Waals surface area contributed by atoms with Crippen molar-refractivity contribution in [1.82, 2.24) is 9.88 Å². The van der Waals surface area contributed by atoms with Gasteiger partial charge >= 0.3 is 0 Å². The molecule has 33 heavy (non-hydrogen) atoms. The second-order valence-electron chi connectivity index (χ2n) is 8.47. The van der Waals surface area contributed by atoms with Crippen molar-refractivity contribution in [3.8, 4) is 5.75 Å². The number of piperazine rings is 1. The van der Waals surface area contributed by atoms with Gasteiger partial charge in [0, 0.05) is 38.7 Å². The summed E-state index contributed by atoms with van der Waals surface area (Å²) in [7, 11) is -6.79. The van der Waals surface area contributed by atoms with Crippen molar-refractivity contribution >= 4 is 42.1 Å². The summed E-state index contributed by atoms with van der Waals surface area (Å²) in [6, 6.07) is 4.48. The van der Waals surface area contributed by atoms with Crippen LogP contribution < -0.4 is 9.64 Å². The number of carbonyl (C=O) groups is 1. The van der Waals surface area contributed by atoms with Crippen LogP contribution in [0.25, 0.3) is 0 Å². The third-order valence-corrected chi connectivity index (χ3v) is 9.84. The highest BCUT2D eigenvalue weighted by atomic mass is 32.2. The number of hydrogen-bond donors (Lipinski definition) is 0. The summed E-state index contributed by atoms with van der Waals surface area (Å²) in [5, 5.41) is 0.604. The average molecular weight is 514 g/mol. The third kappa shape index (κ3) is 5.49. The Hall–Kier alpha value is -2.18. The second kappa shape index (κ2) is 9.22. The van der Waals surface area contributed by atoms with Crippen molar-refractivity contribution < 1.29 is 26.4 Å². The molecular formula is C21H27N3O6S3. The molecule has 0 N–H and O–H groups in total. The van der Waals surface area contributed by atoms with Gasteiger partial charge in [-0.15, -0.1) is 0 Å². The fourth-order valence-electron chi connectivity index (χ4n) is 4.03. The zero-order valence-corrected chi connectivity index (χ0v) is 21.0. The predicted molar refractivity (Wildman–Crippen MR) is 126 cm³/mol. The Bertz CT molecular complexity index is 1240. The molecule has 0 atom stereocenters. The Labute approximate surface area is 198 Å². The highest BCUT2D eigenvalue weighted by Crippen LogP contribution is 2.31. The summed E-state index contributed by atoms with van der Waals surface area (Å²) in [5.41, 5.74) is 0.256. The Morgan fingerprint density at radius 1 is 1.03 bits per heavy atom. The smallest absolute Gasteiger partial charge is 0.257 e. The highest BCUT2D eigenvalue weighted by Gasteiger charge is 2.28. The van der Waals surface area contributed by atoms with E-state index in [0.29, 0.717) is 37.1 Å². The van der Waals surface area contributed by atoms with Crippen molar-refractivity contribution in [2.45, 2.75) is 40.9 Å². The first-order valence-corrected chi connectivity index (χ1v) is 15.3. The number of carbonyl (C=O) groups excluding carboxylic acids is 1. The zero-order chi connectivity index (χ0) is 23.8. The SMILES string of the molecule is CS(=O)(=O)c1ccc(OC2CCCC2)c(C(=O)N2CCN(c3ncc(S(C)(=O)=O)s3)CC2)c1.